The van der Waals surface area contributed by atoms with Gasteiger partial charge in [0.2, 0.25) is 0 Å². The molecule has 0 atom stereocenters. The second kappa shape index (κ2) is 8.37. The lowest BCUT2D eigenvalue weighted by Crippen LogP contribution is -2.24. The molecule has 0 aromatic heterocycles. The number of hydrogen-bond acceptors (Lipinski definition) is 1. The van der Waals surface area contributed by atoms with Crippen LogP contribution in [0.4, 0.5) is 13.2 Å². The zero-order chi connectivity index (χ0) is 18.6. The molecule has 0 spiro atoms. The minimum Gasteiger partial charge on any atom is -0.406 e. The summed E-state index contributed by atoms with van der Waals surface area (Å²) in [7, 11) is 0. The van der Waals surface area contributed by atoms with Crippen molar-refractivity contribution in [2.75, 3.05) is 0 Å². The van der Waals surface area contributed by atoms with Crippen LogP contribution in [0.5, 0.6) is 5.75 Å². The fraction of sp³-hybridized carbons (Fsp3) is 0.636. The SMILES string of the molecule is CC1CCC(C2CCC(C#Cc3ccc(OC(F)(F)F)cc3)CC2)CC1. The Morgan fingerprint density at radius 1 is 0.846 bits per heavy atom. The predicted octanol–water partition coefficient (Wildman–Crippen LogP) is 6.57. The molecule has 3 rings (SSSR count). The second-order valence-corrected chi connectivity index (χ2v) is 7.97. The van der Waals surface area contributed by atoms with Crippen LogP contribution in [-0.4, -0.2) is 6.36 Å². The lowest BCUT2D eigenvalue weighted by atomic mass is 9.69. The normalized spacial score (nSPS) is 29.5. The zero-order valence-electron chi connectivity index (χ0n) is 15.3. The van der Waals surface area contributed by atoms with E-state index in [1.54, 1.807) is 12.1 Å². The fourth-order valence-electron chi connectivity index (χ4n) is 4.42. The average molecular weight is 364 g/mol. The molecule has 1 aromatic carbocycles. The van der Waals surface area contributed by atoms with Crippen molar-refractivity contribution >= 4 is 0 Å². The van der Waals surface area contributed by atoms with Crippen LogP contribution in [0.3, 0.4) is 0 Å². The molecule has 4 heteroatoms. The summed E-state index contributed by atoms with van der Waals surface area (Å²) in [6.45, 7) is 2.37. The van der Waals surface area contributed by atoms with Gasteiger partial charge >= 0.3 is 6.36 Å². The van der Waals surface area contributed by atoms with Gasteiger partial charge in [-0.25, -0.2) is 0 Å². The molecule has 1 nitrogen and oxygen atoms in total. The van der Waals surface area contributed by atoms with E-state index in [1.165, 1.54) is 50.7 Å². The molecule has 2 aliphatic carbocycles. The largest absolute Gasteiger partial charge is 0.573 e. The molecule has 0 radical (unpaired) electrons. The van der Waals surface area contributed by atoms with Gasteiger partial charge in [-0.1, -0.05) is 31.6 Å². The first-order valence-corrected chi connectivity index (χ1v) is 9.76. The lowest BCUT2D eigenvalue weighted by Gasteiger charge is -2.36. The molecule has 0 bridgehead atoms. The summed E-state index contributed by atoms with van der Waals surface area (Å²) in [5.41, 5.74) is 0.739. The molecular weight excluding hydrogens is 337 g/mol. The summed E-state index contributed by atoms with van der Waals surface area (Å²) in [5, 5.41) is 0. The Balaban J connectivity index is 1.47. The topological polar surface area (TPSA) is 9.23 Å². The number of rotatable bonds is 2. The highest BCUT2D eigenvalue weighted by Gasteiger charge is 2.31. The van der Waals surface area contributed by atoms with E-state index >= 15 is 0 Å². The van der Waals surface area contributed by atoms with E-state index in [4.69, 9.17) is 0 Å². The predicted molar refractivity (Wildman–Crippen MR) is 96.6 cm³/mol. The van der Waals surface area contributed by atoms with E-state index in [0.717, 1.165) is 36.2 Å². The molecular formula is C22H27F3O. The maximum Gasteiger partial charge on any atom is 0.573 e. The van der Waals surface area contributed by atoms with Gasteiger partial charge in [-0.05, 0) is 80.5 Å². The van der Waals surface area contributed by atoms with E-state index in [1.807, 2.05) is 0 Å². The summed E-state index contributed by atoms with van der Waals surface area (Å²) in [4.78, 5) is 0. The van der Waals surface area contributed by atoms with E-state index in [9.17, 15) is 13.2 Å². The van der Waals surface area contributed by atoms with E-state index < -0.39 is 6.36 Å². The number of halogens is 3. The molecule has 0 N–H and O–H groups in total. The lowest BCUT2D eigenvalue weighted by molar-refractivity contribution is -0.274. The van der Waals surface area contributed by atoms with Crippen LogP contribution in [0, 0.1) is 35.5 Å². The smallest absolute Gasteiger partial charge is 0.406 e. The Kier molecular flexibility index (Phi) is 6.16. The Morgan fingerprint density at radius 2 is 1.38 bits per heavy atom. The van der Waals surface area contributed by atoms with Gasteiger partial charge in [0.15, 0.2) is 0 Å². The van der Waals surface area contributed by atoms with Crippen LogP contribution in [0.2, 0.25) is 0 Å². The van der Waals surface area contributed by atoms with Gasteiger partial charge in [0, 0.05) is 11.5 Å². The number of benzene rings is 1. The van der Waals surface area contributed by atoms with Crippen LogP contribution < -0.4 is 4.74 Å². The summed E-state index contributed by atoms with van der Waals surface area (Å²) >= 11 is 0. The number of ether oxygens (including phenoxy) is 1. The molecule has 0 amide bonds. The molecule has 2 aliphatic rings. The summed E-state index contributed by atoms with van der Waals surface area (Å²) < 4.78 is 40.4. The first kappa shape index (κ1) is 19.1. The molecule has 2 fully saturated rings. The third kappa shape index (κ3) is 5.69. The first-order chi connectivity index (χ1) is 12.4. The fourth-order valence-corrected chi connectivity index (χ4v) is 4.42. The maximum absolute atomic E-state index is 12.2. The van der Waals surface area contributed by atoms with Gasteiger partial charge in [0.1, 0.15) is 5.75 Å². The van der Waals surface area contributed by atoms with Crippen molar-refractivity contribution in [2.24, 2.45) is 23.7 Å². The van der Waals surface area contributed by atoms with Crippen molar-refractivity contribution in [1.29, 1.82) is 0 Å². The Hall–Kier alpha value is -1.63. The van der Waals surface area contributed by atoms with Crippen LogP contribution in [0.1, 0.15) is 63.9 Å². The Labute approximate surface area is 154 Å². The van der Waals surface area contributed by atoms with Gasteiger partial charge in [0.05, 0.1) is 0 Å². The first-order valence-electron chi connectivity index (χ1n) is 9.76. The van der Waals surface area contributed by atoms with Crippen LogP contribution in [0.15, 0.2) is 24.3 Å². The Bertz CT molecular complexity index is 622. The van der Waals surface area contributed by atoms with Crippen molar-refractivity contribution in [3.05, 3.63) is 29.8 Å². The van der Waals surface area contributed by atoms with Crippen molar-refractivity contribution in [3.8, 4) is 17.6 Å². The quantitative estimate of drug-likeness (QED) is 0.539. The van der Waals surface area contributed by atoms with Gasteiger partial charge in [-0.15, -0.1) is 13.2 Å². The molecule has 1 aromatic rings. The van der Waals surface area contributed by atoms with Crippen molar-refractivity contribution in [3.63, 3.8) is 0 Å². The summed E-state index contributed by atoms with van der Waals surface area (Å²) in [6.07, 6.45) is 5.77. The van der Waals surface area contributed by atoms with Crippen LogP contribution >= 0.6 is 0 Å². The molecule has 2 saturated carbocycles. The summed E-state index contributed by atoms with van der Waals surface area (Å²) in [5.74, 6) is 9.35. The number of alkyl halides is 3. The van der Waals surface area contributed by atoms with Crippen molar-refractivity contribution in [1.82, 2.24) is 0 Å². The molecule has 0 aliphatic heterocycles. The highest BCUT2D eigenvalue weighted by Crippen LogP contribution is 2.41. The standard InChI is InChI=1S/C22H27F3O/c1-16-2-10-19(11-3-16)20-12-6-17(7-13-20)4-5-18-8-14-21(15-9-18)26-22(23,24)25/h8-9,14-17,19-20H,2-3,6-7,10-13H2,1H3. The molecule has 0 unspecified atom stereocenters. The van der Waals surface area contributed by atoms with E-state index in [0.29, 0.717) is 5.92 Å². The third-order valence-corrected chi connectivity index (χ3v) is 6.01. The van der Waals surface area contributed by atoms with E-state index in [-0.39, 0.29) is 5.75 Å². The van der Waals surface area contributed by atoms with Crippen molar-refractivity contribution < 1.29 is 17.9 Å². The molecule has 0 heterocycles. The number of hydrogen-bond donors (Lipinski definition) is 0. The maximum atomic E-state index is 12.2. The minimum absolute atomic E-state index is 0.203. The zero-order valence-corrected chi connectivity index (χ0v) is 15.3. The molecule has 142 valence electrons. The molecule has 26 heavy (non-hydrogen) atoms. The molecule has 0 saturated heterocycles. The Morgan fingerprint density at radius 3 is 1.92 bits per heavy atom. The van der Waals surface area contributed by atoms with Gasteiger partial charge in [0.25, 0.3) is 0 Å². The van der Waals surface area contributed by atoms with Crippen LogP contribution in [0.25, 0.3) is 0 Å². The monoisotopic (exact) mass is 364 g/mol. The van der Waals surface area contributed by atoms with Crippen molar-refractivity contribution in [2.45, 2.75) is 64.7 Å². The van der Waals surface area contributed by atoms with Crippen LogP contribution in [-0.2, 0) is 0 Å². The highest BCUT2D eigenvalue weighted by atomic mass is 19.4. The minimum atomic E-state index is -4.65. The van der Waals surface area contributed by atoms with Gasteiger partial charge < -0.3 is 4.74 Å². The average Bonchev–Trinajstić information content (AvgIpc) is 2.61. The van der Waals surface area contributed by atoms with Gasteiger partial charge in [-0.3, -0.25) is 0 Å². The van der Waals surface area contributed by atoms with Gasteiger partial charge in [-0.2, -0.15) is 0 Å². The highest BCUT2D eigenvalue weighted by molar-refractivity contribution is 5.38. The third-order valence-electron chi connectivity index (χ3n) is 6.01. The van der Waals surface area contributed by atoms with E-state index in [2.05, 4.69) is 23.5 Å². The summed E-state index contributed by atoms with van der Waals surface area (Å²) in [6, 6.07) is 5.81. The second-order valence-electron chi connectivity index (χ2n) is 7.97.